The third-order valence-electron chi connectivity index (χ3n) is 2.81. The largest absolute Gasteiger partial charge is 0.289 e. The summed E-state index contributed by atoms with van der Waals surface area (Å²) in [5, 5.41) is 4.34. The fourth-order valence-corrected chi connectivity index (χ4v) is 1.91. The molecule has 6 nitrogen and oxygen atoms in total. The summed E-state index contributed by atoms with van der Waals surface area (Å²) in [4.78, 5) is 44.2. The van der Waals surface area contributed by atoms with Crippen molar-refractivity contribution in [3.63, 3.8) is 0 Å². The summed E-state index contributed by atoms with van der Waals surface area (Å²) in [7, 11) is 0. The highest BCUT2D eigenvalue weighted by atomic mass is 16.2. The highest BCUT2D eigenvalue weighted by Crippen LogP contribution is 2.16. The lowest BCUT2D eigenvalue weighted by Gasteiger charge is -2.01. The minimum atomic E-state index is -0.376. The molecule has 0 aromatic rings. The van der Waals surface area contributed by atoms with E-state index in [1.807, 2.05) is 0 Å². The maximum atomic E-state index is 11.2. The van der Waals surface area contributed by atoms with Crippen LogP contribution in [0.15, 0.2) is 23.3 Å². The molecule has 2 heterocycles. The number of imide groups is 2. The predicted molar refractivity (Wildman–Crippen MR) is 60.9 cm³/mol. The molecule has 0 saturated heterocycles. The van der Waals surface area contributed by atoms with Crippen molar-refractivity contribution in [3.05, 3.63) is 23.3 Å². The van der Waals surface area contributed by atoms with Crippen LogP contribution in [0.25, 0.3) is 0 Å². The minimum Gasteiger partial charge on any atom is -0.289 e. The number of rotatable bonds is 5. The van der Waals surface area contributed by atoms with Gasteiger partial charge in [-0.1, -0.05) is 0 Å². The van der Waals surface area contributed by atoms with E-state index in [4.69, 9.17) is 0 Å². The molecule has 2 aliphatic heterocycles. The number of carbonyl (C=O) groups is 4. The Balaban J connectivity index is 1.74. The number of unbranched alkanes of at least 4 members (excludes halogenated alkanes) is 1. The fraction of sp³-hybridized carbons (Fsp3) is 0.333. The lowest BCUT2D eigenvalue weighted by atomic mass is 10.0. The van der Waals surface area contributed by atoms with Gasteiger partial charge in [0.05, 0.1) is 0 Å². The Morgan fingerprint density at radius 3 is 1.39 bits per heavy atom. The quantitative estimate of drug-likeness (QED) is 0.516. The average molecular weight is 248 g/mol. The van der Waals surface area contributed by atoms with Gasteiger partial charge in [-0.05, 0) is 25.7 Å². The van der Waals surface area contributed by atoms with Crippen molar-refractivity contribution in [1.82, 2.24) is 10.6 Å². The first-order valence-electron chi connectivity index (χ1n) is 5.68. The molecule has 4 amide bonds. The molecule has 0 aromatic carbocycles. The van der Waals surface area contributed by atoms with Crippen LogP contribution in [0.2, 0.25) is 0 Å². The van der Waals surface area contributed by atoms with Crippen LogP contribution in [0.5, 0.6) is 0 Å². The molecule has 6 heteroatoms. The zero-order valence-corrected chi connectivity index (χ0v) is 9.62. The Bertz CT molecular complexity index is 456. The van der Waals surface area contributed by atoms with E-state index in [1.165, 1.54) is 12.2 Å². The average Bonchev–Trinajstić information content (AvgIpc) is 2.77. The molecule has 94 valence electrons. The lowest BCUT2D eigenvalue weighted by Crippen LogP contribution is -2.22. The summed E-state index contributed by atoms with van der Waals surface area (Å²) in [5.41, 5.74) is 0.946. The predicted octanol–water partition coefficient (Wildman–Crippen LogP) is -0.288. The van der Waals surface area contributed by atoms with Crippen LogP contribution >= 0.6 is 0 Å². The van der Waals surface area contributed by atoms with E-state index in [-0.39, 0.29) is 23.6 Å². The van der Waals surface area contributed by atoms with E-state index in [1.54, 1.807) is 0 Å². The number of carbonyl (C=O) groups excluding carboxylic acids is 4. The summed E-state index contributed by atoms with van der Waals surface area (Å²) in [5.74, 6) is -1.43. The molecular weight excluding hydrogens is 236 g/mol. The van der Waals surface area contributed by atoms with E-state index in [9.17, 15) is 19.2 Å². The van der Waals surface area contributed by atoms with Gasteiger partial charge < -0.3 is 0 Å². The van der Waals surface area contributed by atoms with Gasteiger partial charge in [0.2, 0.25) is 0 Å². The first-order valence-corrected chi connectivity index (χ1v) is 5.68. The molecular formula is C12H12N2O4. The van der Waals surface area contributed by atoms with Gasteiger partial charge in [0.25, 0.3) is 23.6 Å². The second-order valence-electron chi connectivity index (χ2n) is 4.18. The topological polar surface area (TPSA) is 92.3 Å². The van der Waals surface area contributed by atoms with Crippen molar-refractivity contribution in [1.29, 1.82) is 0 Å². The van der Waals surface area contributed by atoms with Crippen LogP contribution in [0.1, 0.15) is 25.7 Å². The molecule has 0 aromatic heterocycles. The van der Waals surface area contributed by atoms with Crippen LogP contribution in [-0.2, 0) is 19.2 Å². The van der Waals surface area contributed by atoms with Crippen molar-refractivity contribution in [2.75, 3.05) is 0 Å². The number of amides is 4. The summed E-state index contributed by atoms with van der Waals surface area (Å²) >= 11 is 0. The Hall–Kier alpha value is -2.24. The monoisotopic (exact) mass is 248 g/mol. The van der Waals surface area contributed by atoms with E-state index < -0.39 is 0 Å². The third kappa shape index (κ3) is 2.71. The van der Waals surface area contributed by atoms with Crippen molar-refractivity contribution >= 4 is 23.6 Å². The van der Waals surface area contributed by atoms with Gasteiger partial charge >= 0.3 is 0 Å². The highest BCUT2D eigenvalue weighted by molar-refractivity contribution is 6.16. The summed E-state index contributed by atoms with van der Waals surface area (Å²) in [6.45, 7) is 0. The molecule has 0 saturated carbocycles. The molecule has 2 aliphatic rings. The van der Waals surface area contributed by atoms with Crippen LogP contribution in [0.3, 0.4) is 0 Å². The first-order chi connectivity index (χ1) is 8.56. The Morgan fingerprint density at radius 1 is 0.722 bits per heavy atom. The fourth-order valence-electron chi connectivity index (χ4n) is 1.91. The summed E-state index contributed by atoms with van der Waals surface area (Å²) in [6, 6.07) is 0. The third-order valence-corrected chi connectivity index (χ3v) is 2.81. The molecule has 0 aliphatic carbocycles. The first kappa shape index (κ1) is 12.2. The Labute approximate surface area is 103 Å². The number of hydrogen-bond donors (Lipinski definition) is 2. The van der Waals surface area contributed by atoms with Gasteiger partial charge in [0, 0.05) is 23.3 Å². The van der Waals surface area contributed by atoms with E-state index in [2.05, 4.69) is 10.6 Å². The Morgan fingerprint density at radius 2 is 1.11 bits per heavy atom. The number of nitrogens with one attached hydrogen (secondary N) is 2. The van der Waals surface area contributed by atoms with Crippen LogP contribution in [-0.4, -0.2) is 23.6 Å². The van der Waals surface area contributed by atoms with Crippen LogP contribution in [0.4, 0.5) is 0 Å². The second-order valence-corrected chi connectivity index (χ2v) is 4.18. The molecule has 2 N–H and O–H groups in total. The van der Waals surface area contributed by atoms with Crippen LogP contribution in [0, 0.1) is 0 Å². The Kier molecular flexibility index (Phi) is 3.36. The van der Waals surface area contributed by atoms with E-state index >= 15 is 0 Å². The van der Waals surface area contributed by atoms with Gasteiger partial charge in [0.1, 0.15) is 0 Å². The SMILES string of the molecule is O=C1C=C(CCCCC2=CC(=O)NC2=O)C(=O)N1. The van der Waals surface area contributed by atoms with Crippen molar-refractivity contribution < 1.29 is 19.2 Å². The van der Waals surface area contributed by atoms with Crippen molar-refractivity contribution in [2.45, 2.75) is 25.7 Å². The van der Waals surface area contributed by atoms with E-state index in [0.717, 1.165) is 0 Å². The van der Waals surface area contributed by atoms with Gasteiger partial charge in [-0.3, -0.25) is 29.8 Å². The van der Waals surface area contributed by atoms with Crippen molar-refractivity contribution in [2.24, 2.45) is 0 Å². The summed E-state index contributed by atoms with van der Waals surface area (Å²) in [6.07, 6.45) is 4.97. The maximum absolute atomic E-state index is 11.2. The maximum Gasteiger partial charge on any atom is 0.254 e. The van der Waals surface area contributed by atoms with Crippen molar-refractivity contribution in [3.8, 4) is 0 Å². The van der Waals surface area contributed by atoms with Gasteiger partial charge in [-0.2, -0.15) is 0 Å². The molecule has 0 spiro atoms. The van der Waals surface area contributed by atoms with Gasteiger partial charge in [0.15, 0.2) is 0 Å². The molecule has 0 radical (unpaired) electrons. The molecule has 2 rings (SSSR count). The lowest BCUT2D eigenvalue weighted by molar-refractivity contribution is -0.125. The minimum absolute atomic E-state index is 0.340. The smallest absolute Gasteiger partial charge is 0.254 e. The van der Waals surface area contributed by atoms with Crippen LogP contribution < -0.4 is 10.6 Å². The molecule has 18 heavy (non-hydrogen) atoms. The van der Waals surface area contributed by atoms with Gasteiger partial charge in [-0.15, -0.1) is 0 Å². The van der Waals surface area contributed by atoms with Gasteiger partial charge in [-0.25, -0.2) is 0 Å². The molecule has 0 atom stereocenters. The van der Waals surface area contributed by atoms with E-state index in [0.29, 0.717) is 36.8 Å². The highest BCUT2D eigenvalue weighted by Gasteiger charge is 2.21. The number of hydrogen-bond acceptors (Lipinski definition) is 4. The normalized spacial score (nSPS) is 18.7. The summed E-state index contributed by atoms with van der Waals surface area (Å²) < 4.78 is 0. The second kappa shape index (κ2) is 4.95. The molecule has 0 bridgehead atoms. The molecule has 0 unspecified atom stereocenters. The molecule has 0 fully saturated rings. The standard InChI is InChI=1S/C12H12N2O4/c15-9-5-7(11(17)13-9)3-1-2-4-8-6-10(16)14-12(8)18/h5-6H,1-4H2,(H,13,15,17)(H,14,16,18). The zero-order chi connectivity index (χ0) is 13.1. The zero-order valence-electron chi connectivity index (χ0n) is 9.62.